The molecule has 96 valence electrons. The van der Waals surface area contributed by atoms with Crippen molar-refractivity contribution in [1.29, 1.82) is 0 Å². The van der Waals surface area contributed by atoms with Crippen molar-refractivity contribution in [3.05, 3.63) is 27.7 Å². The molecule has 0 atom stereocenters. The molecule has 0 heterocycles. The summed E-state index contributed by atoms with van der Waals surface area (Å²) in [7, 11) is 1.74. The van der Waals surface area contributed by atoms with Crippen LogP contribution in [0.3, 0.4) is 0 Å². The molecule has 0 unspecified atom stereocenters. The van der Waals surface area contributed by atoms with Crippen LogP contribution < -0.4 is 10.5 Å². The average Bonchev–Trinajstić information content (AvgIpc) is 2.29. The number of rotatable bonds is 6. The van der Waals surface area contributed by atoms with E-state index in [4.69, 9.17) is 10.5 Å². The second-order valence-electron chi connectivity index (χ2n) is 4.59. The molecule has 17 heavy (non-hydrogen) atoms. The van der Waals surface area contributed by atoms with E-state index in [0.717, 1.165) is 31.6 Å². The molecule has 0 aliphatic rings. The van der Waals surface area contributed by atoms with E-state index in [1.807, 2.05) is 0 Å². The largest absolute Gasteiger partial charge is 0.496 e. The SMILES string of the molecule is COc1cc(C(C)C)c(Br)cc1CCCCN. The maximum atomic E-state index is 5.52. The third-order valence-electron chi connectivity index (χ3n) is 2.92. The number of halogens is 1. The van der Waals surface area contributed by atoms with Crippen LogP contribution in [-0.2, 0) is 6.42 Å². The summed E-state index contributed by atoms with van der Waals surface area (Å²) in [5.74, 6) is 1.49. The van der Waals surface area contributed by atoms with E-state index in [9.17, 15) is 0 Å². The Hall–Kier alpha value is -0.540. The Morgan fingerprint density at radius 1 is 1.29 bits per heavy atom. The molecule has 3 heteroatoms. The molecule has 1 rings (SSSR count). The number of aryl methyl sites for hydroxylation is 1. The van der Waals surface area contributed by atoms with E-state index >= 15 is 0 Å². The highest BCUT2D eigenvalue weighted by Gasteiger charge is 2.11. The summed E-state index contributed by atoms with van der Waals surface area (Å²) in [6, 6.07) is 4.33. The Balaban J connectivity index is 2.93. The molecule has 0 radical (unpaired) electrons. The zero-order valence-corrected chi connectivity index (χ0v) is 12.5. The van der Waals surface area contributed by atoms with Crippen LogP contribution in [0.2, 0.25) is 0 Å². The van der Waals surface area contributed by atoms with Gasteiger partial charge in [-0.2, -0.15) is 0 Å². The first kappa shape index (κ1) is 14.5. The van der Waals surface area contributed by atoms with E-state index in [1.54, 1.807) is 7.11 Å². The van der Waals surface area contributed by atoms with Gasteiger partial charge in [-0.25, -0.2) is 0 Å². The van der Waals surface area contributed by atoms with Crippen LogP contribution in [0.4, 0.5) is 0 Å². The van der Waals surface area contributed by atoms with Crippen LogP contribution in [0, 0.1) is 0 Å². The van der Waals surface area contributed by atoms with Gasteiger partial charge in [0.25, 0.3) is 0 Å². The quantitative estimate of drug-likeness (QED) is 0.810. The molecule has 0 bridgehead atoms. The molecule has 0 spiro atoms. The summed E-state index contributed by atoms with van der Waals surface area (Å²) in [5, 5.41) is 0. The normalized spacial score (nSPS) is 10.9. The molecular formula is C14H22BrNO. The average molecular weight is 300 g/mol. The zero-order valence-electron chi connectivity index (χ0n) is 10.9. The third-order valence-corrected chi connectivity index (χ3v) is 3.61. The van der Waals surface area contributed by atoms with Gasteiger partial charge in [-0.1, -0.05) is 29.8 Å². The minimum atomic E-state index is 0.497. The predicted octanol–water partition coefficient (Wildman–Crippen LogP) is 3.86. The molecule has 0 aliphatic heterocycles. The van der Waals surface area contributed by atoms with Crippen LogP contribution in [0.25, 0.3) is 0 Å². The Bertz CT molecular complexity index is 363. The van der Waals surface area contributed by atoms with E-state index in [2.05, 4.69) is 41.9 Å². The molecule has 2 nitrogen and oxygen atoms in total. The fourth-order valence-electron chi connectivity index (χ4n) is 1.90. The van der Waals surface area contributed by atoms with Crippen molar-refractivity contribution in [2.45, 2.75) is 39.0 Å². The molecule has 0 saturated carbocycles. The Labute approximate surface area is 113 Å². The van der Waals surface area contributed by atoms with Crippen LogP contribution in [0.1, 0.15) is 43.7 Å². The first-order valence-corrected chi connectivity index (χ1v) is 6.95. The summed E-state index contributed by atoms with van der Waals surface area (Å²) in [6.07, 6.45) is 3.20. The number of methoxy groups -OCH3 is 1. The van der Waals surface area contributed by atoms with Crippen molar-refractivity contribution >= 4 is 15.9 Å². The molecule has 1 aromatic carbocycles. The lowest BCUT2D eigenvalue weighted by Gasteiger charge is -2.15. The van der Waals surface area contributed by atoms with E-state index < -0.39 is 0 Å². The van der Waals surface area contributed by atoms with Crippen LogP contribution >= 0.6 is 15.9 Å². The van der Waals surface area contributed by atoms with Gasteiger partial charge in [-0.05, 0) is 55.0 Å². The number of nitrogens with two attached hydrogens (primary N) is 1. The fraction of sp³-hybridized carbons (Fsp3) is 0.571. The van der Waals surface area contributed by atoms with Gasteiger partial charge in [0, 0.05) is 4.47 Å². The van der Waals surface area contributed by atoms with Crippen molar-refractivity contribution in [1.82, 2.24) is 0 Å². The topological polar surface area (TPSA) is 35.2 Å². The number of ether oxygens (including phenoxy) is 1. The van der Waals surface area contributed by atoms with Gasteiger partial charge in [0.2, 0.25) is 0 Å². The molecule has 1 aromatic rings. The summed E-state index contributed by atoms with van der Waals surface area (Å²) in [5.41, 5.74) is 8.07. The lowest BCUT2D eigenvalue weighted by Crippen LogP contribution is -2.01. The maximum Gasteiger partial charge on any atom is 0.122 e. The molecule has 0 aliphatic carbocycles. The monoisotopic (exact) mass is 299 g/mol. The molecule has 2 N–H and O–H groups in total. The number of benzene rings is 1. The Morgan fingerprint density at radius 3 is 2.53 bits per heavy atom. The standard InChI is InChI=1S/C14H22BrNO/c1-10(2)12-9-14(17-3)11(8-13(12)15)6-4-5-7-16/h8-10H,4-7,16H2,1-3H3. The predicted molar refractivity (Wildman–Crippen MR) is 76.8 cm³/mol. The van der Waals surface area contributed by atoms with Gasteiger partial charge < -0.3 is 10.5 Å². The van der Waals surface area contributed by atoms with E-state index in [1.165, 1.54) is 15.6 Å². The van der Waals surface area contributed by atoms with Gasteiger partial charge in [0.1, 0.15) is 5.75 Å². The smallest absolute Gasteiger partial charge is 0.122 e. The molecule has 0 fully saturated rings. The molecule has 0 amide bonds. The Kier molecular flexibility index (Phi) is 6.00. The number of hydrogen-bond donors (Lipinski definition) is 1. The second-order valence-corrected chi connectivity index (χ2v) is 5.44. The molecule has 0 saturated heterocycles. The molecule has 0 aromatic heterocycles. The van der Waals surface area contributed by atoms with E-state index in [-0.39, 0.29) is 0 Å². The highest BCUT2D eigenvalue weighted by molar-refractivity contribution is 9.10. The maximum absolute atomic E-state index is 5.52. The fourth-order valence-corrected chi connectivity index (χ4v) is 2.75. The van der Waals surface area contributed by atoms with Crippen molar-refractivity contribution in [2.75, 3.05) is 13.7 Å². The Morgan fingerprint density at radius 2 is 2.00 bits per heavy atom. The van der Waals surface area contributed by atoms with Crippen molar-refractivity contribution in [3.8, 4) is 5.75 Å². The first-order chi connectivity index (χ1) is 8.10. The van der Waals surface area contributed by atoms with Gasteiger partial charge in [-0.15, -0.1) is 0 Å². The summed E-state index contributed by atoms with van der Waals surface area (Å²) in [6.45, 7) is 5.13. The van der Waals surface area contributed by atoms with Gasteiger partial charge in [0.15, 0.2) is 0 Å². The molecular weight excluding hydrogens is 278 g/mol. The summed E-state index contributed by atoms with van der Waals surface area (Å²) < 4.78 is 6.65. The van der Waals surface area contributed by atoms with Gasteiger partial charge in [0.05, 0.1) is 7.11 Å². The third kappa shape index (κ3) is 4.00. The van der Waals surface area contributed by atoms with Crippen molar-refractivity contribution < 1.29 is 4.74 Å². The first-order valence-electron chi connectivity index (χ1n) is 6.16. The number of unbranched alkanes of at least 4 members (excludes halogenated alkanes) is 1. The summed E-state index contributed by atoms with van der Waals surface area (Å²) >= 11 is 3.64. The highest BCUT2D eigenvalue weighted by atomic mass is 79.9. The number of hydrogen-bond acceptors (Lipinski definition) is 2. The summed E-state index contributed by atoms with van der Waals surface area (Å²) in [4.78, 5) is 0. The van der Waals surface area contributed by atoms with Crippen LogP contribution in [0.15, 0.2) is 16.6 Å². The van der Waals surface area contributed by atoms with Gasteiger partial charge >= 0.3 is 0 Å². The van der Waals surface area contributed by atoms with Crippen LogP contribution in [-0.4, -0.2) is 13.7 Å². The minimum absolute atomic E-state index is 0.497. The lowest BCUT2D eigenvalue weighted by atomic mass is 9.98. The van der Waals surface area contributed by atoms with E-state index in [0.29, 0.717) is 5.92 Å². The van der Waals surface area contributed by atoms with Crippen LogP contribution in [0.5, 0.6) is 5.75 Å². The minimum Gasteiger partial charge on any atom is -0.496 e. The highest BCUT2D eigenvalue weighted by Crippen LogP contribution is 2.32. The lowest BCUT2D eigenvalue weighted by molar-refractivity contribution is 0.408. The van der Waals surface area contributed by atoms with Crippen molar-refractivity contribution in [3.63, 3.8) is 0 Å². The second kappa shape index (κ2) is 7.02. The van der Waals surface area contributed by atoms with Gasteiger partial charge in [-0.3, -0.25) is 0 Å². The zero-order chi connectivity index (χ0) is 12.8. The van der Waals surface area contributed by atoms with Crippen molar-refractivity contribution in [2.24, 2.45) is 5.73 Å².